The highest BCUT2D eigenvalue weighted by molar-refractivity contribution is 8.00. The number of likely N-dealkylation sites (tertiary alicyclic amines) is 1. The maximum absolute atomic E-state index is 13.6. The fraction of sp³-hybridized carbons (Fsp3) is 0.467. The van der Waals surface area contributed by atoms with E-state index in [1.54, 1.807) is 28.0 Å². The van der Waals surface area contributed by atoms with Gasteiger partial charge in [-0.3, -0.25) is 4.79 Å². The zero-order valence-electron chi connectivity index (χ0n) is 24.8. The Hall–Kier alpha value is -3.93. The molecule has 0 saturated carbocycles. The summed E-state index contributed by atoms with van der Waals surface area (Å²) in [4.78, 5) is 37.4. The Bertz CT molecular complexity index is 1410. The maximum atomic E-state index is 13.6. The molecule has 0 radical (unpaired) electrons. The number of carbonyl (C=O) groups is 2. The molecular weight excluding hydrogens is 556 g/mol. The monoisotopic (exact) mass is 596 g/mol. The molecule has 42 heavy (non-hydrogen) atoms. The third-order valence-electron chi connectivity index (χ3n) is 6.97. The Morgan fingerprint density at radius 2 is 1.83 bits per heavy atom. The Balaban J connectivity index is 1.47. The summed E-state index contributed by atoms with van der Waals surface area (Å²) in [7, 11) is 0. The number of hydrogen-bond acceptors (Lipinski definition) is 8. The maximum Gasteiger partial charge on any atom is 0.410 e. The fourth-order valence-electron chi connectivity index (χ4n) is 4.73. The quantitative estimate of drug-likeness (QED) is 0.101. The number of H-pyrrole nitrogens is 1. The van der Waals surface area contributed by atoms with E-state index in [4.69, 9.17) is 20.4 Å². The number of benzene rings is 2. The smallest absolute Gasteiger partial charge is 0.410 e. The van der Waals surface area contributed by atoms with Gasteiger partial charge in [0, 0.05) is 44.6 Å². The second-order valence-electron chi connectivity index (χ2n) is 11.1. The Morgan fingerprint density at radius 3 is 2.43 bits per heavy atom. The van der Waals surface area contributed by atoms with Gasteiger partial charge in [-0.15, -0.1) is 0 Å². The molecule has 1 fully saturated rings. The summed E-state index contributed by atoms with van der Waals surface area (Å²) in [6.07, 6.45) is 1.12. The van der Waals surface area contributed by atoms with E-state index in [0.29, 0.717) is 61.0 Å². The van der Waals surface area contributed by atoms with Crippen LogP contribution in [0.1, 0.15) is 63.8 Å². The first-order chi connectivity index (χ1) is 20.0. The number of imidazole rings is 1. The number of piperidine rings is 1. The number of aromatic nitrogens is 2. The van der Waals surface area contributed by atoms with Gasteiger partial charge in [0.2, 0.25) is 5.91 Å². The lowest BCUT2D eigenvalue weighted by atomic mass is 10.1. The number of rotatable bonds is 9. The number of oxime groups is 1. The van der Waals surface area contributed by atoms with Crippen LogP contribution >= 0.6 is 11.8 Å². The van der Waals surface area contributed by atoms with Crippen LogP contribution < -0.4 is 10.5 Å². The zero-order chi connectivity index (χ0) is 30.4. The van der Waals surface area contributed by atoms with Crippen LogP contribution in [0.15, 0.2) is 52.8 Å². The first kappa shape index (κ1) is 31.0. The number of nitrogens with one attached hydrogen (secondary N) is 1. The highest BCUT2D eigenvalue weighted by Crippen LogP contribution is 2.37. The molecule has 4 N–H and O–H groups in total. The molecule has 1 aliphatic heterocycles. The number of nitrogens with two attached hydrogens (primary N) is 1. The largest absolute Gasteiger partial charge is 0.490 e. The average molecular weight is 597 g/mol. The molecule has 2 aromatic carbocycles. The topological polar surface area (TPSA) is 146 Å². The lowest BCUT2D eigenvalue weighted by molar-refractivity contribution is -0.130. The van der Waals surface area contributed by atoms with Crippen LogP contribution in [0, 0.1) is 0 Å². The van der Waals surface area contributed by atoms with E-state index in [2.05, 4.69) is 15.1 Å². The fourth-order valence-corrected chi connectivity index (χ4v) is 5.82. The van der Waals surface area contributed by atoms with Crippen molar-refractivity contribution in [1.29, 1.82) is 0 Å². The number of ether oxygens (including phenoxy) is 2. The highest BCUT2D eigenvalue weighted by atomic mass is 32.2. The number of aromatic amines is 1. The normalized spacial score (nSPS) is 15.5. The van der Waals surface area contributed by atoms with Crippen molar-refractivity contribution in [2.24, 2.45) is 10.9 Å². The van der Waals surface area contributed by atoms with Crippen LogP contribution in [0.4, 0.5) is 4.79 Å². The second kappa shape index (κ2) is 13.4. The van der Waals surface area contributed by atoms with Crippen LogP contribution in [-0.4, -0.2) is 80.7 Å². The van der Waals surface area contributed by atoms with Gasteiger partial charge in [-0.1, -0.05) is 29.1 Å². The molecule has 3 aromatic rings. The highest BCUT2D eigenvalue weighted by Gasteiger charge is 2.29. The summed E-state index contributed by atoms with van der Waals surface area (Å²) >= 11 is 1.34. The minimum atomic E-state index is -0.528. The summed E-state index contributed by atoms with van der Waals surface area (Å²) < 4.78 is 11.7. The molecule has 1 aromatic heterocycles. The molecule has 12 heteroatoms. The van der Waals surface area contributed by atoms with Crippen LogP contribution in [0.3, 0.4) is 0 Å². The molecule has 11 nitrogen and oxygen atoms in total. The predicted molar refractivity (Wildman–Crippen MR) is 163 cm³/mol. The van der Waals surface area contributed by atoms with Gasteiger partial charge in [0.1, 0.15) is 22.7 Å². The molecule has 1 saturated heterocycles. The van der Waals surface area contributed by atoms with Crippen molar-refractivity contribution in [2.75, 3.05) is 26.2 Å². The van der Waals surface area contributed by atoms with E-state index in [0.717, 1.165) is 11.1 Å². The molecule has 2 amide bonds. The van der Waals surface area contributed by atoms with E-state index in [1.165, 1.54) is 11.8 Å². The standard InChI is InChI=1S/C30H40N6O5S/c1-6-35(7-2)27(37)25(42-28-32-23-13-10-20(26(31)34-39)18-24(23)33-28)19-8-11-21(12-9-19)40-22-14-16-36(17-15-22)29(38)41-30(3,4)5/h8-13,18,22,25,39H,6-7,14-17H2,1-5H3,(H2,31,34)(H,32,33). The molecule has 1 aliphatic rings. The van der Waals surface area contributed by atoms with E-state index >= 15 is 0 Å². The number of amides is 2. The number of likely N-dealkylation sites (N-methyl/N-ethyl adjacent to an activating group) is 1. The summed E-state index contributed by atoms with van der Waals surface area (Å²) in [5, 5.41) is 12.1. The first-order valence-electron chi connectivity index (χ1n) is 14.2. The number of fused-ring (bicyclic) bond motifs is 1. The molecular formula is C30H40N6O5S. The first-order valence-corrected chi connectivity index (χ1v) is 15.1. The number of amidine groups is 1. The van der Waals surface area contributed by atoms with Gasteiger partial charge in [-0.05, 0) is 70.5 Å². The minimum absolute atomic E-state index is 0.00573. The van der Waals surface area contributed by atoms with Crippen molar-refractivity contribution in [3.05, 3.63) is 53.6 Å². The van der Waals surface area contributed by atoms with E-state index in [9.17, 15) is 9.59 Å². The van der Waals surface area contributed by atoms with Crippen molar-refractivity contribution in [1.82, 2.24) is 19.8 Å². The van der Waals surface area contributed by atoms with Gasteiger partial charge < -0.3 is 35.2 Å². The van der Waals surface area contributed by atoms with Crippen molar-refractivity contribution < 1.29 is 24.3 Å². The van der Waals surface area contributed by atoms with E-state index in [1.807, 2.05) is 58.9 Å². The average Bonchev–Trinajstić information content (AvgIpc) is 3.38. The molecule has 2 heterocycles. The van der Waals surface area contributed by atoms with Crippen molar-refractivity contribution in [2.45, 2.75) is 69.6 Å². The number of carbonyl (C=O) groups excluding carboxylic acids is 2. The lowest BCUT2D eigenvalue weighted by Gasteiger charge is -2.33. The third kappa shape index (κ3) is 7.67. The van der Waals surface area contributed by atoms with Crippen molar-refractivity contribution in [3.63, 3.8) is 0 Å². The number of nitrogens with zero attached hydrogens (tertiary/aromatic N) is 4. The molecule has 226 valence electrons. The Kier molecular flexibility index (Phi) is 9.87. The van der Waals surface area contributed by atoms with Gasteiger partial charge in [0.25, 0.3) is 0 Å². The number of thioether (sulfide) groups is 1. The molecule has 0 bridgehead atoms. The summed E-state index contributed by atoms with van der Waals surface area (Å²) in [6, 6.07) is 12.9. The zero-order valence-corrected chi connectivity index (χ0v) is 25.6. The second-order valence-corrected chi connectivity index (χ2v) is 12.2. The van der Waals surface area contributed by atoms with Crippen LogP contribution in [0.25, 0.3) is 11.0 Å². The minimum Gasteiger partial charge on any atom is -0.490 e. The van der Waals surface area contributed by atoms with Gasteiger partial charge in [0.15, 0.2) is 11.0 Å². The van der Waals surface area contributed by atoms with Crippen molar-refractivity contribution in [3.8, 4) is 5.75 Å². The molecule has 1 unspecified atom stereocenters. The summed E-state index contributed by atoms with van der Waals surface area (Å²) in [5.41, 5.74) is 8.05. The Morgan fingerprint density at radius 1 is 1.17 bits per heavy atom. The number of hydrogen-bond donors (Lipinski definition) is 3. The summed E-state index contributed by atoms with van der Waals surface area (Å²) in [6.45, 7) is 11.9. The predicted octanol–water partition coefficient (Wildman–Crippen LogP) is 5.14. The van der Waals surface area contributed by atoms with E-state index in [-0.39, 0.29) is 23.9 Å². The van der Waals surface area contributed by atoms with Crippen molar-refractivity contribution >= 4 is 40.6 Å². The van der Waals surface area contributed by atoms with Gasteiger partial charge in [0.05, 0.1) is 11.0 Å². The molecule has 0 spiro atoms. The van der Waals surface area contributed by atoms with Gasteiger partial charge in [-0.2, -0.15) is 0 Å². The van der Waals surface area contributed by atoms with Crippen LogP contribution in [0.2, 0.25) is 0 Å². The Labute approximate surface area is 250 Å². The lowest BCUT2D eigenvalue weighted by Crippen LogP contribution is -2.44. The van der Waals surface area contributed by atoms with Gasteiger partial charge >= 0.3 is 6.09 Å². The molecule has 1 atom stereocenters. The van der Waals surface area contributed by atoms with Gasteiger partial charge in [-0.25, -0.2) is 9.78 Å². The summed E-state index contributed by atoms with van der Waals surface area (Å²) in [5.74, 6) is 0.713. The van der Waals surface area contributed by atoms with Crippen LogP contribution in [-0.2, 0) is 9.53 Å². The molecule has 4 rings (SSSR count). The molecule has 0 aliphatic carbocycles. The van der Waals surface area contributed by atoms with Crippen LogP contribution in [0.5, 0.6) is 5.75 Å². The SMILES string of the molecule is CCN(CC)C(=O)C(Sc1nc2ccc(C(N)=NO)cc2[nH]1)c1ccc(OC2CCN(C(=O)OC(C)(C)C)CC2)cc1. The third-order valence-corrected chi connectivity index (χ3v) is 8.10. The van der Waals surface area contributed by atoms with E-state index < -0.39 is 10.9 Å².